The smallest absolute Gasteiger partial charge is 0.220 e. The third-order valence-corrected chi connectivity index (χ3v) is 8.87. The maximum absolute atomic E-state index is 11.9. The zero-order valence-electron chi connectivity index (χ0n) is 27.8. The molecule has 0 saturated carbocycles. The summed E-state index contributed by atoms with van der Waals surface area (Å²) in [4.78, 5) is 11.9. The molecule has 1 atom stereocenters. The number of hydrogen-bond donors (Lipinski definition) is 1. The number of rotatable bonds is 34. The van der Waals surface area contributed by atoms with Gasteiger partial charge in [-0.25, -0.2) is 0 Å². The van der Waals surface area contributed by atoms with Crippen molar-refractivity contribution in [2.45, 2.75) is 219 Å². The summed E-state index contributed by atoms with van der Waals surface area (Å²) in [7, 11) is 0. The summed E-state index contributed by atoms with van der Waals surface area (Å²) in [6, 6.07) is 0. The topological polar surface area (TPSA) is 43.1 Å². The van der Waals surface area contributed by atoms with Gasteiger partial charge in [-0.15, -0.1) is 0 Å². The van der Waals surface area contributed by atoms with Gasteiger partial charge in [-0.3, -0.25) is 4.79 Å². The van der Waals surface area contributed by atoms with E-state index in [2.05, 4.69) is 26.0 Å². The van der Waals surface area contributed by atoms with E-state index in [-0.39, 0.29) is 11.8 Å². The van der Waals surface area contributed by atoms with Crippen molar-refractivity contribution >= 4 is 5.91 Å². The molecule has 0 saturated heterocycles. The third-order valence-electron chi connectivity index (χ3n) is 8.87. The SMILES string of the molecule is CCCCCCCC/C=C\CCCCCCCCCCC(CCCCCCCCCCCCCCCC)C(N)=O. The minimum absolute atomic E-state index is 0.0595. The molecule has 0 fully saturated rings. The van der Waals surface area contributed by atoms with E-state index < -0.39 is 0 Å². The van der Waals surface area contributed by atoms with Crippen molar-refractivity contribution in [1.82, 2.24) is 0 Å². The Bertz CT molecular complexity index is 514. The molecule has 2 heteroatoms. The van der Waals surface area contributed by atoms with Gasteiger partial charge in [0.25, 0.3) is 0 Å². The summed E-state index contributed by atoms with van der Waals surface area (Å²) in [6.45, 7) is 4.58. The highest BCUT2D eigenvalue weighted by Crippen LogP contribution is 2.20. The van der Waals surface area contributed by atoms with Crippen LogP contribution in [0, 0.1) is 5.92 Å². The van der Waals surface area contributed by atoms with Crippen LogP contribution in [0.2, 0.25) is 0 Å². The van der Waals surface area contributed by atoms with E-state index in [0.29, 0.717) is 0 Å². The van der Waals surface area contributed by atoms with E-state index in [0.717, 1.165) is 12.8 Å². The number of amides is 1. The van der Waals surface area contributed by atoms with Crippen molar-refractivity contribution in [3.8, 4) is 0 Å². The van der Waals surface area contributed by atoms with Crippen molar-refractivity contribution in [3.63, 3.8) is 0 Å². The molecule has 0 aromatic rings. The normalized spacial score (nSPS) is 12.4. The van der Waals surface area contributed by atoms with Crippen LogP contribution in [0.4, 0.5) is 0 Å². The van der Waals surface area contributed by atoms with E-state index in [1.54, 1.807) is 0 Å². The summed E-state index contributed by atoms with van der Waals surface area (Å²) >= 11 is 0. The number of carbonyl (C=O) groups excluding carboxylic acids is 1. The van der Waals surface area contributed by atoms with Gasteiger partial charge in [-0.1, -0.05) is 193 Å². The molecule has 0 aromatic carbocycles. The first-order chi connectivity index (χ1) is 19.7. The predicted octanol–water partition coefficient (Wildman–Crippen LogP) is 13.2. The maximum Gasteiger partial charge on any atom is 0.220 e. The zero-order chi connectivity index (χ0) is 29.2. The molecule has 1 unspecified atom stereocenters. The number of hydrogen-bond acceptors (Lipinski definition) is 1. The number of carbonyl (C=O) groups is 1. The molecular formula is C38H75NO. The predicted molar refractivity (Wildman–Crippen MR) is 181 cm³/mol. The van der Waals surface area contributed by atoms with Crippen LogP contribution in [-0.2, 0) is 4.79 Å². The minimum atomic E-state index is -0.0595. The van der Waals surface area contributed by atoms with Crippen molar-refractivity contribution in [2.75, 3.05) is 0 Å². The molecule has 0 bridgehead atoms. The Labute approximate surface area is 253 Å². The fraction of sp³-hybridized carbons (Fsp3) is 0.921. The first-order valence-corrected chi connectivity index (χ1v) is 18.7. The highest BCUT2D eigenvalue weighted by molar-refractivity contribution is 5.76. The molecule has 0 rings (SSSR count). The van der Waals surface area contributed by atoms with Gasteiger partial charge in [0.2, 0.25) is 5.91 Å². The van der Waals surface area contributed by atoms with Gasteiger partial charge >= 0.3 is 0 Å². The molecule has 40 heavy (non-hydrogen) atoms. The van der Waals surface area contributed by atoms with Gasteiger partial charge in [-0.05, 0) is 38.5 Å². The van der Waals surface area contributed by atoms with Crippen molar-refractivity contribution in [2.24, 2.45) is 11.7 Å². The molecule has 238 valence electrons. The monoisotopic (exact) mass is 562 g/mol. The quantitative estimate of drug-likeness (QED) is 0.0616. The van der Waals surface area contributed by atoms with E-state index >= 15 is 0 Å². The van der Waals surface area contributed by atoms with Crippen LogP contribution in [0.25, 0.3) is 0 Å². The van der Waals surface area contributed by atoms with Gasteiger partial charge in [0.05, 0.1) is 0 Å². The van der Waals surface area contributed by atoms with Crippen LogP contribution in [0.15, 0.2) is 12.2 Å². The Hall–Kier alpha value is -0.790. The molecule has 0 radical (unpaired) electrons. The first-order valence-electron chi connectivity index (χ1n) is 18.7. The Balaban J connectivity index is 3.41. The van der Waals surface area contributed by atoms with Crippen LogP contribution in [0.1, 0.15) is 219 Å². The molecule has 2 nitrogen and oxygen atoms in total. The fourth-order valence-corrected chi connectivity index (χ4v) is 6.01. The maximum atomic E-state index is 11.9. The second-order valence-corrected chi connectivity index (χ2v) is 12.9. The molecule has 2 N–H and O–H groups in total. The average molecular weight is 562 g/mol. The number of unbranched alkanes of at least 4 members (excludes halogenated alkanes) is 27. The van der Waals surface area contributed by atoms with E-state index in [1.165, 1.54) is 193 Å². The Morgan fingerprint density at radius 2 is 0.675 bits per heavy atom. The van der Waals surface area contributed by atoms with Gasteiger partial charge < -0.3 is 5.73 Å². The van der Waals surface area contributed by atoms with Crippen molar-refractivity contribution in [3.05, 3.63) is 12.2 Å². The van der Waals surface area contributed by atoms with Gasteiger partial charge in [0, 0.05) is 5.92 Å². The molecule has 0 aliphatic rings. The van der Waals surface area contributed by atoms with Crippen molar-refractivity contribution in [1.29, 1.82) is 0 Å². The lowest BCUT2D eigenvalue weighted by atomic mass is 9.93. The van der Waals surface area contributed by atoms with E-state index in [4.69, 9.17) is 5.73 Å². The number of allylic oxidation sites excluding steroid dienone is 2. The largest absolute Gasteiger partial charge is 0.369 e. The van der Waals surface area contributed by atoms with E-state index in [9.17, 15) is 4.79 Å². The van der Waals surface area contributed by atoms with Gasteiger partial charge in [0.15, 0.2) is 0 Å². The Morgan fingerprint density at radius 3 is 0.950 bits per heavy atom. The lowest BCUT2D eigenvalue weighted by Gasteiger charge is -2.13. The fourth-order valence-electron chi connectivity index (χ4n) is 6.01. The lowest BCUT2D eigenvalue weighted by Crippen LogP contribution is -2.23. The highest BCUT2D eigenvalue weighted by Gasteiger charge is 2.14. The lowest BCUT2D eigenvalue weighted by molar-refractivity contribution is -0.122. The first kappa shape index (κ1) is 39.2. The molecule has 0 aromatic heterocycles. The second kappa shape index (κ2) is 34.4. The second-order valence-electron chi connectivity index (χ2n) is 12.9. The molecule has 0 aliphatic heterocycles. The number of nitrogens with two attached hydrogens (primary N) is 1. The Kier molecular flexibility index (Phi) is 33.7. The molecule has 0 heterocycles. The molecule has 1 amide bonds. The van der Waals surface area contributed by atoms with Crippen LogP contribution >= 0.6 is 0 Å². The van der Waals surface area contributed by atoms with Crippen LogP contribution in [-0.4, -0.2) is 5.91 Å². The Morgan fingerprint density at radius 1 is 0.425 bits per heavy atom. The van der Waals surface area contributed by atoms with Crippen LogP contribution in [0.5, 0.6) is 0 Å². The summed E-state index contributed by atoms with van der Waals surface area (Å²) in [6.07, 6.45) is 47.7. The summed E-state index contributed by atoms with van der Waals surface area (Å²) in [5, 5.41) is 0. The van der Waals surface area contributed by atoms with Crippen LogP contribution in [0.3, 0.4) is 0 Å². The van der Waals surface area contributed by atoms with Crippen LogP contribution < -0.4 is 5.73 Å². The van der Waals surface area contributed by atoms with Gasteiger partial charge in [-0.2, -0.15) is 0 Å². The average Bonchev–Trinajstić information content (AvgIpc) is 2.95. The zero-order valence-corrected chi connectivity index (χ0v) is 27.8. The standard InChI is InChI=1S/C38H75NO/c1-3-5-7-9-11-13-15-17-19-20-21-22-24-26-28-30-32-34-36-37(38(39)40)35-33-31-29-27-25-23-18-16-14-12-10-8-6-4-2/h17,19,37H,3-16,18,20-36H2,1-2H3,(H2,39,40)/b19-17-. The van der Waals surface area contributed by atoms with Crippen molar-refractivity contribution < 1.29 is 4.79 Å². The molecule has 0 aliphatic carbocycles. The number of primary amides is 1. The molecule has 0 spiro atoms. The van der Waals surface area contributed by atoms with Gasteiger partial charge in [0.1, 0.15) is 0 Å². The highest BCUT2D eigenvalue weighted by atomic mass is 16.1. The molecular weight excluding hydrogens is 486 g/mol. The van der Waals surface area contributed by atoms with E-state index in [1.807, 2.05) is 0 Å². The third kappa shape index (κ3) is 31.7. The minimum Gasteiger partial charge on any atom is -0.369 e. The summed E-state index contributed by atoms with van der Waals surface area (Å²) in [5.41, 5.74) is 5.72. The summed E-state index contributed by atoms with van der Waals surface area (Å²) < 4.78 is 0. The summed E-state index contributed by atoms with van der Waals surface area (Å²) in [5.74, 6) is 0.0576.